The topological polar surface area (TPSA) is 92.7 Å². The molecule has 0 bridgehead atoms. The molecule has 0 aliphatic carbocycles. The highest BCUT2D eigenvalue weighted by atomic mass is 32.2. The molecule has 0 radical (unpaired) electrons. The first-order chi connectivity index (χ1) is 8.35. The minimum atomic E-state index is -3.83. The molecule has 0 amide bonds. The van der Waals surface area contributed by atoms with Gasteiger partial charge in [0.25, 0.3) is 10.1 Å². The fraction of sp³-hybridized carbons (Fsp3) is 0.909. The van der Waals surface area contributed by atoms with E-state index in [2.05, 4.69) is 19.2 Å². The molecule has 0 aliphatic heterocycles. The molecule has 0 saturated heterocycles. The van der Waals surface area contributed by atoms with E-state index in [4.69, 9.17) is 14.1 Å². The third kappa shape index (κ3) is 15.5. The smallest absolute Gasteiger partial charge is 0.264 e. The van der Waals surface area contributed by atoms with E-state index in [1.807, 2.05) is 6.79 Å². The Morgan fingerprint density at radius 2 is 1.89 bits per heavy atom. The summed E-state index contributed by atoms with van der Waals surface area (Å²) in [6, 6.07) is 0.242. The summed E-state index contributed by atoms with van der Waals surface area (Å²) in [5.41, 5.74) is 0. The number of methoxy groups -OCH3 is 1. The number of carbonyl (C=O) groups excluding carboxylic acids is 1. The Hall–Kier alpha value is -0.500. The number of hydrogen-bond acceptors (Lipinski definition) is 5. The molecule has 110 valence electrons. The van der Waals surface area contributed by atoms with Gasteiger partial charge < -0.3 is 14.8 Å². The monoisotopic (exact) mass is 283 g/mol. The lowest BCUT2D eigenvalue weighted by atomic mass is 10.0. The van der Waals surface area contributed by atoms with Crippen molar-refractivity contribution in [3.8, 4) is 0 Å². The lowest BCUT2D eigenvalue weighted by Crippen LogP contribution is -2.35. The van der Waals surface area contributed by atoms with Crippen LogP contribution >= 0.6 is 0 Å². The first-order valence-electron chi connectivity index (χ1n) is 5.81. The quantitative estimate of drug-likeness (QED) is 0.479. The van der Waals surface area contributed by atoms with Crippen molar-refractivity contribution in [2.45, 2.75) is 32.7 Å². The summed E-state index contributed by atoms with van der Waals surface area (Å²) in [4.78, 5) is 8.00. The second-order valence-electron chi connectivity index (χ2n) is 4.38. The molecule has 18 heavy (non-hydrogen) atoms. The van der Waals surface area contributed by atoms with Crippen LogP contribution in [0.3, 0.4) is 0 Å². The first kappa shape index (κ1) is 19.8. The van der Waals surface area contributed by atoms with Crippen molar-refractivity contribution in [2.24, 2.45) is 5.92 Å². The van der Waals surface area contributed by atoms with Crippen LogP contribution < -0.4 is 5.32 Å². The Morgan fingerprint density at radius 3 is 2.28 bits per heavy atom. The lowest BCUT2D eigenvalue weighted by Gasteiger charge is -2.19. The molecule has 6 nitrogen and oxygen atoms in total. The maximum atomic E-state index is 10.5. The fourth-order valence-corrected chi connectivity index (χ4v) is 2.05. The summed E-state index contributed by atoms with van der Waals surface area (Å²) in [6.45, 7) is 7.44. The van der Waals surface area contributed by atoms with Crippen molar-refractivity contribution in [3.63, 3.8) is 0 Å². The Kier molecular flexibility index (Phi) is 12.8. The average molecular weight is 283 g/mol. The van der Waals surface area contributed by atoms with Crippen molar-refractivity contribution in [2.75, 3.05) is 26.0 Å². The minimum absolute atomic E-state index is 0.193. The summed E-state index contributed by atoms with van der Waals surface area (Å²) in [6.07, 6.45) is 1.40. The molecule has 1 atom stereocenters. The van der Waals surface area contributed by atoms with Gasteiger partial charge in [-0.05, 0) is 25.3 Å². The molecule has 2 N–H and O–H groups in total. The lowest BCUT2D eigenvalue weighted by molar-refractivity contribution is -0.0979. The van der Waals surface area contributed by atoms with Gasteiger partial charge in [-0.3, -0.25) is 4.55 Å². The highest BCUT2D eigenvalue weighted by molar-refractivity contribution is 7.85. The van der Waals surface area contributed by atoms with Gasteiger partial charge in [-0.2, -0.15) is 8.42 Å². The molecule has 0 rings (SSSR count). The van der Waals surface area contributed by atoms with Crippen LogP contribution in [0, 0.1) is 5.92 Å². The van der Waals surface area contributed by atoms with Crippen molar-refractivity contribution in [1.82, 2.24) is 5.32 Å². The number of hydrogen-bond donors (Lipinski definition) is 2. The van der Waals surface area contributed by atoms with E-state index in [1.54, 1.807) is 7.11 Å². The molecule has 0 fully saturated rings. The fourth-order valence-electron chi connectivity index (χ4n) is 1.54. The average Bonchev–Trinajstić information content (AvgIpc) is 2.25. The van der Waals surface area contributed by atoms with Gasteiger partial charge in [0.1, 0.15) is 6.79 Å². The third-order valence-corrected chi connectivity index (χ3v) is 2.94. The zero-order chi connectivity index (χ0) is 14.6. The highest BCUT2D eigenvalue weighted by Crippen LogP contribution is 2.05. The largest absolute Gasteiger partial charge is 0.383 e. The van der Waals surface area contributed by atoms with Crippen LogP contribution in [-0.2, 0) is 19.6 Å². The number of carbonyl (C=O) groups is 1. The van der Waals surface area contributed by atoms with Gasteiger partial charge in [0.15, 0.2) is 0 Å². The Labute approximate surface area is 110 Å². The normalized spacial score (nSPS) is 12.9. The van der Waals surface area contributed by atoms with Crippen LogP contribution in [0.2, 0.25) is 0 Å². The molecule has 0 aromatic heterocycles. The standard InChI is InChI=1S/C10H23NO4S.CH2O/c1-9(2)7-10(8-15-3)11-5-4-6-16(12,13)14;1-2/h9-11H,4-8H2,1-3H3,(H,12,13,14);1H2. The molecule has 0 aliphatic rings. The highest BCUT2D eigenvalue weighted by Gasteiger charge is 2.10. The predicted octanol–water partition coefficient (Wildman–Crippen LogP) is 0.730. The van der Waals surface area contributed by atoms with Crippen LogP contribution in [-0.4, -0.2) is 51.8 Å². The van der Waals surface area contributed by atoms with E-state index in [9.17, 15) is 8.42 Å². The molecule has 0 aromatic rings. The summed E-state index contributed by atoms with van der Waals surface area (Å²) < 4.78 is 34.6. The first-order valence-corrected chi connectivity index (χ1v) is 7.42. The van der Waals surface area contributed by atoms with Gasteiger partial charge >= 0.3 is 0 Å². The van der Waals surface area contributed by atoms with Gasteiger partial charge in [0.05, 0.1) is 12.4 Å². The van der Waals surface area contributed by atoms with E-state index in [0.29, 0.717) is 25.5 Å². The Morgan fingerprint density at radius 1 is 1.33 bits per heavy atom. The van der Waals surface area contributed by atoms with E-state index >= 15 is 0 Å². The number of rotatable bonds is 9. The van der Waals surface area contributed by atoms with E-state index in [0.717, 1.165) is 6.42 Å². The minimum Gasteiger partial charge on any atom is -0.383 e. The predicted molar refractivity (Wildman–Crippen MR) is 71.3 cm³/mol. The van der Waals surface area contributed by atoms with Gasteiger partial charge in [0, 0.05) is 13.2 Å². The van der Waals surface area contributed by atoms with Gasteiger partial charge in [0.2, 0.25) is 0 Å². The third-order valence-electron chi connectivity index (χ3n) is 2.14. The van der Waals surface area contributed by atoms with E-state index < -0.39 is 10.1 Å². The number of ether oxygens (including phenoxy) is 1. The Bertz CT molecular complexity index is 279. The van der Waals surface area contributed by atoms with Gasteiger partial charge in [-0.25, -0.2) is 0 Å². The van der Waals surface area contributed by atoms with Crippen molar-refractivity contribution in [3.05, 3.63) is 0 Å². The van der Waals surface area contributed by atoms with Crippen LogP contribution in [0.4, 0.5) is 0 Å². The van der Waals surface area contributed by atoms with Gasteiger partial charge in [-0.1, -0.05) is 13.8 Å². The van der Waals surface area contributed by atoms with Crippen molar-refractivity contribution in [1.29, 1.82) is 0 Å². The van der Waals surface area contributed by atoms with Crippen molar-refractivity contribution < 1.29 is 22.5 Å². The molecule has 0 saturated carbocycles. The van der Waals surface area contributed by atoms with Crippen LogP contribution in [0.15, 0.2) is 0 Å². The Balaban J connectivity index is 0. The van der Waals surface area contributed by atoms with Crippen LogP contribution in [0.5, 0.6) is 0 Å². The molecule has 0 aromatic carbocycles. The molecule has 0 spiro atoms. The summed E-state index contributed by atoms with van der Waals surface area (Å²) >= 11 is 0. The van der Waals surface area contributed by atoms with Crippen molar-refractivity contribution >= 4 is 16.9 Å². The maximum Gasteiger partial charge on any atom is 0.264 e. The van der Waals surface area contributed by atoms with Crippen LogP contribution in [0.1, 0.15) is 26.7 Å². The van der Waals surface area contributed by atoms with E-state index in [-0.39, 0.29) is 11.8 Å². The maximum absolute atomic E-state index is 10.5. The second-order valence-corrected chi connectivity index (χ2v) is 5.95. The SMILES string of the molecule is C=O.COCC(CC(C)C)NCCCS(=O)(=O)O. The zero-order valence-electron chi connectivity index (χ0n) is 11.4. The molecule has 0 heterocycles. The van der Waals surface area contributed by atoms with Gasteiger partial charge in [-0.15, -0.1) is 0 Å². The molecular formula is C11H25NO5S. The summed E-state index contributed by atoms with van der Waals surface area (Å²) in [5, 5.41) is 3.22. The van der Waals surface area contributed by atoms with Crippen LogP contribution in [0.25, 0.3) is 0 Å². The summed E-state index contributed by atoms with van der Waals surface area (Å²) in [7, 11) is -2.18. The number of nitrogens with one attached hydrogen (secondary N) is 1. The molecule has 7 heteroatoms. The molecular weight excluding hydrogens is 258 g/mol. The zero-order valence-corrected chi connectivity index (χ0v) is 12.2. The van der Waals surface area contributed by atoms with E-state index in [1.165, 1.54) is 0 Å². The summed E-state index contributed by atoms with van der Waals surface area (Å²) in [5.74, 6) is 0.371. The molecule has 1 unspecified atom stereocenters. The second kappa shape index (κ2) is 11.6.